The largest absolute Gasteiger partial charge is 0.491 e. The molecule has 0 fully saturated rings. The third kappa shape index (κ3) is 11.8. The molecule has 0 aliphatic carbocycles. The Labute approximate surface area is 137 Å². The van der Waals surface area contributed by atoms with Crippen molar-refractivity contribution in [3.8, 4) is 5.75 Å². The molecule has 1 aromatic rings. The maximum atomic E-state index is 5.59. The SMILES string of the molecule is NCCOCCOCCOCCOCCOc1ccc(N)cc1. The predicted octanol–water partition coefficient (Wildman–Crippen LogP) is 0.673. The molecular weight excluding hydrogens is 300 g/mol. The van der Waals surface area contributed by atoms with Crippen LogP contribution in [0.2, 0.25) is 0 Å². The molecule has 0 bridgehead atoms. The van der Waals surface area contributed by atoms with E-state index in [4.69, 9.17) is 35.2 Å². The molecule has 0 aromatic heterocycles. The van der Waals surface area contributed by atoms with Crippen LogP contribution in [0.4, 0.5) is 5.69 Å². The minimum atomic E-state index is 0.496. The highest BCUT2D eigenvalue weighted by Crippen LogP contribution is 2.12. The topological polar surface area (TPSA) is 98.2 Å². The quantitative estimate of drug-likeness (QED) is 0.361. The zero-order valence-corrected chi connectivity index (χ0v) is 13.6. The minimum Gasteiger partial charge on any atom is -0.491 e. The summed E-state index contributed by atoms with van der Waals surface area (Å²) in [5.74, 6) is 0.784. The Balaban J connectivity index is 1.77. The van der Waals surface area contributed by atoms with Crippen LogP contribution >= 0.6 is 0 Å². The van der Waals surface area contributed by atoms with Gasteiger partial charge < -0.3 is 35.2 Å². The molecular formula is C16H28N2O5. The van der Waals surface area contributed by atoms with Crippen LogP contribution in [0.1, 0.15) is 0 Å². The number of hydrogen-bond acceptors (Lipinski definition) is 7. The van der Waals surface area contributed by atoms with Gasteiger partial charge in [-0.1, -0.05) is 0 Å². The summed E-state index contributed by atoms with van der Waals surface area (Å²) in [7, 11) is 0. The van der Waals surface area contributed by atoms with Crippen LogP contribution in [0.25, 0.3) is 0 Å². The fraction of sp³-hybridized carbons (Fsp3) is 0.625. The Bertz CT molecular complexity index is 375. The molecule has 0 aliphatic heterocycles. The molecule has 0 spiro atoms. The second-order valence-corrected chi connectivity index (χ2v) is 4.66. The molecule has 4 N–H and O–H groups in total. The third-order valence-corrected chi connectivity index (χ3v) is 2.75. The highest BCUT2D eigenvalue weighted by atomic mass is 16.6. The van der Waals surface area contributed by atoms with Crippen LogP contribution in [0, 0.1) is 0 Å². The lowest BCUT2D eigenvalue weighted by atomic mass is 10.3. The molecule has 7 heteroatoms. The normalized spacial score (nSPS) is 10.8. The molecule has 132 valence electrons. The molecule has 23 heavy (non-hydrogen) atoms. The zero-order valence-electron chi connectivity index (χ0n) is 13.6. The average Bonchev–Trinajstić information content (AvgIpc) is 2.57. The molecule has 0 atom stereocenters. The van der Waals surface area contributed by atoms with E-state index in [0.29, 0.717) is 66.0 Å². The molecule has 0 amide bonds. The molecule has 0 radical (unpaired) electrons. The third-order valence-electron chi connectivity index (χ3n) is 2.75. The van der Waals surface area contributed by atoms with Gasteiger partial charge in [-0.3, -0.25) is 0 Å². The van der Waals surface area contributed by atoms with Crippen LogP contribution in [0.15, 0.2) is 24.3 Å². The van der Waals surface area contributed by atoms with E-state index in [-0.39, 0.29) is 0 Å². The van der Waals surface area contributed by atoms with Crippen molar-refractivity contribution in [1.29, 1.82) is 0 Å². The average molecular weight is 328 g/mol. The number of ether oxygens (including phenoxy) is 5. The first-order valence-corrected chi connectivity index (χ1v) is 7.82. The van der Waals surface area contributed by atoms with Gasteiger partial charge in [0.1, 0.15) is 12.4 Å². The van der Waals surface area contributed by atoms with E-state index in [0.717, 1.165) is 11.4 Å². The van der Waals surface area contributed by atoms with Gasteiger partial charge in [-0.2, -0.15) is 0 Å². The minimum absolute atomic E-state index is 0.496. The number of anilines is 1. The van der Waals surface area contributed by atoms with Gasteiger partial charge in [0, 0.05) is 12.2 Å². The summed E-state index contributed by atoms with van der Waals surface area (Å²) in [5.41, 5.74) is 11.6. The van der Waals surface area contributed by atoms with E-state index < -0.39 is 0 Å². The summed E-state index contributed by atoms with van der Waals surface area (Å²) in [6, 6.07) is 7.27. The van der Waals surface area contributed by atoms with Gasteiger partial charge in [0.2, 0.25) is 0 Å². The molecule has 0 saturated heterocycles. The zero-order chi connectivity index (χ0) is 16.6. The van der Waals surface area contributed by atoms with Gasteiger partial charge >= 0.3 is 0 Å². The first-order valence-electron chi connectivity index (χ1n) is 7.82. The lowest BCUT2D eigenvalue weighted by Crippen LogP contribution is -2.15. The van der Waals surface area contributed by atoms with E-state index in [9.17, 15) is 0 Å². The van der Waals surface area contributed by atoms with Gasteiger partial charge in [-0.25, -0.2) is 0 Å². The van der Waals surface area contributed by atoms with Crippen LogP contribution in [0.5, 0.6) is 5.75 Å². The number of nitrogens with two attached hydrogens (primary N) is 2. The van der Waals surface area contributed by atoms with Crippen LogP contribution < -0.4 is 16.2 Å². The summed E-state index contributed by atoms with van der Waals surface area (Å²) >= 11 is 0. The summed E-state index contributed by atoms with van der Waals surface area (Å²) < 4.78 is 26.8. The van der Waals surface area contributed by atoms with Crippen molar-refractivity contribution in [1.82, 2.24) is 0 Å². The van der Waals surface area contributed by atoms with Crippen LogP contribution in [0.3, 0.4) is 0 Å². The molecule has 0 aliphatic rings. The fourth-order valence-electron chi connectivity index (χ4n) is 1.63. The molecule has 0 unspecified atom stereocenters. The Morgan fingerprint density at radius 2 is 1.04 bits per heavy atom. The van der Waals surface area contributed by atoms with Crippen molar-refractivity contribution >= 4 is 5.69 Å². The number of rotatable bonds is 15. The number of nitrogen functional groups attached to an aromatic ring is 1. The number of hydrogen-bond donors (Lipinski definition) is 2. The molecule has 7 nitrogen and oxygen atoms in total. The molecule has 0 saturated carbocycles. The van der Waals surface area contributed by atoms with E-state index in [1.807, 2.05) is 12.1 Å². The van der Waals surface area contributed by atoms with Crippen molar-refractivity contribution in [3.05, 3.63) is 24.3 Å². The van der Waals surface area contributed by atoms with E-state index >= 15 is 0 Å². The highest BCUT2D eigenvalue weighted by Gasteiger charge is 1.95. The molecule has 0 heterocycles. The fourth-order valence-corrected chi connectivity index (χ4v) is 1.63. The standard InChI is InChI=1S/C16H28N2O5/c17-5-6-19-7-8-20-9-10-21-11-12-22-13-14-23-16-3-1-15(18)2-4-16/h1-4H,5-14,17-18H2. The first-order chi connectivity index (χ1) is 11.3. The molecule has 1 aromatic carbocycles. The van der Waals surface area contributed by atoms with E-state index in [2.05, 4.69) is 0 Å². The second-order valence-electron chi connectivity index (χ2n) is 4.66. The van der Waals surface area contributed by atoms with Gasteiger partial charge in [-0.05, 0) is 24.3 Å². The number of benzene rings is 1. The van der Waals surface area contributed by atoms with E-state index in [1.54, 1.807) is 12.1 Å². The lowest BCUT2D eigenvalue weighted by Gasteiger charge is -2.08. The summed E-state index contributed by atoms with van der Waals surface area (Å²) in [6.45, 7) is 5.40. The van der Waals surface area contributed by atoms with Crippen molar-refractivity contribution in [2.24, 2.45) is 5.73 Å². The second kappa shape index (κ2) is 14.2. The lowest BCUT2D eigenvalue weighted by molar-refractivity contribution is -0.00386. The van der Waals surface area contributed by atoms with Gasteiger partial charge in [0.05, 0.1) is 52.9 Å². The first kappa shape index (κ1) is 19.7. The Morgan fingerprint density at radius 1 is 0.609 bits per heavy atom. The van der Waals surface area contributed by atoms with Gasteiger partial charge in [0.25, 0.3) is 0 Å². The van der Waals surface area contributed by atoms with E-state index in [1.165, 1.54) is 0 Å². The van der Waals surface area contributed by atoms with Crippen LogP contribution in [-0.2, 0) is 18.9 Å². The molecule has 1 rings (SSSR count). The maximum absolute atomic E-state index is 5.59. The predicted molar refractivity (Wildman–Crippen MR) is 88.7 cm³/mol. The smallest absolute Gasteiger partial charge is 0.119 e. The Hall–Kier alpha value is -1.38. The maximum Gasteiger partial charge on any atom is 0.119 e. The van der Waals surface area contributed by atoms with Crippen molar-refractivity contribution < 1.29 is 23.7 Å². The van der Waals surface area contributed by atoms with Crippen molar-refractivity contribution in [2.45, 2.75) is 0 Å². The highest BCUT2D eigenvalue weighted by molar-refractivity contribution is 5.41. The Kier molecular flexibility index (Phi) is 12.2. The summed E-state index contributed by atoms with van der Waals surface area (Å²) in [5, 5.41) is 0. The van der Waals surface area contributed by atoms with Gasteiger partial charge in [0.15, 0.2) is 0 Å². The van der Waals surface area contributed by atoms with Crippen molar-refractivity contribution in [2.75, 3.05) is 71.7 Å². The monoisotopic (exact) mass is 328 g/mol. The van der Waals surface area contributed by atoms with Crippen LogP contribution in [-0.4, -0.2) is 66.0 Å². The summed E-state index contributed by atoms with van der Waals surface area (Å²) in [6.07, 6.45) is 0. The Morgan fingerprint density at radius 3 is 1.52 bits per heavy atom. The summed E-state index contributed by atoms with van der Waals surface area (Å²) in [4.78, 5) is 0. The van der Waals surface area contributed by atoms with Crippen molar-refractivity contribution in [3.63, 3.8) is 0 Å². The van der Waals surface area contributed by atoms with Gasteiger partial charge in [-0.15, -0.1) is 0 Å².